The molecule has 6 heteroatoms. The molecule has 0 aliphatic heterocycles. The number of hydrogen-bond donors (Lipinski definition) is 3. The van der Waals surface area contributed by atoms with Crippen LogP contribution in [0.5, 0.6) is 0 Å². The highest BCUT2D eigenvalue weighted by Gasteiger charge is 2.20. The molecule has 1 amide bonds. The van der Waals surface area contributed by atoms with Crippen LogP contribution in [0.15, 0.2) is 0 Å². The summed E-state index contributed by atoms with van der Waals surface area (Å²) in [4.78, 5) is 11.7. The van der Waals surface area contributed by atoms with Crippen LogP contribution in [0.25, 0.3) is 0 Å². The maximum Gasteiger partial charge on any atom is 0.236 e. The predicted octanol–water partition coefficient (Wildman–Crippen LogP) is -0.160. The normalized spacial score (nSPS) is 16.3. The van der Waals surface area contributed by atoms with Crippen LogP contribution in [0.1, 0.15) is 13.8 Å². The summed E-state index contributed by atoms with van der Waals surface area (Å²) >= 11 is 1.59. The lowest BCUT2D eigenvalue weighted by Gasteiger charge is -2.24. The van der Waals surface area contributed by atoms with E-state index in [0.29, 0.717) is 13.2 Å². The average Bonchev–Trinajstić information content (AvgIpc) is 2.30. The van der Waals surface area contributed by atoms with Gasteiger partial charge in [-0.25, -0.2) is 0 Å². The number of carbonyl (C=O) groups is 1. The van der Waals surface area contributed by atoms with E-state index in [9.17, 15) is 4.79 Å². The highest BCUT2D eigenvalue weighted by atomic mass is 32.2. The van der Waals surface area contributed by atoms with Gasteiger partial charge in [0.1, 0.15) is 0 Å². The van der Waals surface area contributed by atoms with Gasteiger partial charge in [-0.2, -0.15) is 11.8 Å². The minimum atomic E-state index is -0.275. The van der Waals surface area contributed by atoms with Gasteiger partial charge >= 0.3 is 0 Å². The van der Waals surface area contributed by atoms with Gasteiger partial charge in [0.15, 0.2) is 0 Å². The molecule has 0 saturated carbocycles. The summed E-state index contributed by atoms with van der Waals surface area (Å²) in [5.41, 5.74) is 0. The molecule has 0 heterocycles. The van der Waals surface area contributed by atoms with Crippen LogP contribution in [0.4, 0.5) is 0 Å². The summed E-state index contributed by atoms with van der Waals surface area (Å²) in [6.45, 7) is 4.91. The minimum absolute atomic E-state index is 0.0494. The zero-order chi connectivity index (χ0) is 13.3. The second-order valence-corrected chi connectivity index (χ2v) is 4.99. The van der Waals surface area contributed by atoms with Crippen molar-refractivity contribution in [3.63, 3.8) is 0 Å². The summed E-state index contributed by atoms with van der Waals surface area (Å²) in [6, 6.07) is -0.193. The molecule has 3 unspecified atom stereocenters. The quantitative estimate of drug-likeness (QED) is 0.505. The number of amides is 1. The van der Waals surface area contributed by atoms with Crippen LogP contribution in [0, 0.1) is 0 Å². The Kier molecular flexibility index (Phi) is 9.53. The van der Waals surface area contributed by atoms with Gasteiger partial charge in [-0.3, -0.25) is 4.79 Å². The Hall–Kier alpha value is -0.300. The van der Waals surface area contributed by atoms with Crippen LogP contribution in [0.2, 0.25) is 0 Å². The predicted molar refractivity (Wildman–Crippen MR) is 71.3 cm³/mol. The standard InChI is InChI=1S/C11H24N2O3S/c1-8(10(7-14)17-4)13-9(2)11(15)12-5-6-16-3/h8-10,13-14H,5-7H2,1-4H3,(H,12,15). The Bertz CT molecular complexity index is 213. The second-order valence-electron chi connectivity index (χ2n) is 3.92. The van der Waals surface area contributed by atoms with Gasteiger partial charge in [0, 0.05) is 24.9 Å². The molecule has 3 N–H and O–H groups in total. The van der Waals surface area contributed by atoms with Crippen molar-refractivity contribution in [3.05, 3.63) is 0 Å². The lowest BCUT2D eigenvalue weighted by molar-refractivity contribution is -0.123. The first-order valence-corrected chi connectivity index (χ1v) is 7.01. The highest BCUT2D eigenvalue weighted by molar-refractivity contribution is 7.99. The zero-order valence-corrected chi connectivity index (χ0v) is 11.8. The largest absolute Gasteiger partial charge is 0.395 e. The lowest BCUT2D eigenvalue weighted by atomic mass is 10.2. The number of aliphatic hydroxyl groups excluding tert-OH is 1. The van der Waals surface area contributed by atoms with Crippen molar-refractivity contribution in [1.29, 1.82) is 0 Å². The van der Waals surface area contributed by atoms with E-state index in [0.717, 1.165) is 0 Å². The van der Waals surface area contributed by atoms with Gasteiger partial charge in [0.25, 0.3) is 0 Å². The summed E-state index contributed by atoms with van der Waals surface area (Å²) < 4.78 is 4.85. The molecule has 0 aliphatic rings. The molecular weight excluding hydrogens is 240 g/mol. The molecule has 0 aromatic rings. The molecule has 0 spiro atoms. The molecule has 3 atom stereocenters. The average molecular weight is 264 g/mol. The van der Waals surface area contributed by atoms with Crippen LogP contribution in [0.3, 0.4) is 0 Å². The monoisotopic (exact) mass is 264 g/mol. The van der Waals surface area contributed by atoms with Crippen molar-refractivity contribution in [1.82, 2.24) is 10.6 Å². The number of hydrogen-bond acceptors (Lipinski definition) is 5. The molecular formula is C11H24N2O3S. The van der Waals surface area contributed by atoms with Gasteiger partial charge in [-0.05, 0) is 20.1 Å². The Labute approximate surface area is 108 Å². The van der Waals surface area contributed by atoms with Crippen LogP contribution in [-0.2, 0) is 9.53 Å². The number of thioether (sulfide) groups is 1. The van der Waals surface area contributed by atoms with Gasteiger partial charge in [-0.15, -0.1) is 0 Å². The molecule has 0 radical (unpaired) electrons. The van der Waals surface area contributed by atoms with Gasteiger partial charge < -0.3 is 20.5 Å². The lowest BCUT2D eigenvalue weighted by Crippen LogP contribution is -2.49. The van der Waals surface area contributed by atoms with E-state index in [2.05, 4.69) is 10.6 Å². The van der Waals surface area contributed by atoms with E-state index in [1.165, 1.54) is 0 Å². The number of methoxy groups -OCH3 is 1. The fraction of sp³-hybridized carbons (Fsp3) is 0.909. The summed E-state index contributed by atoms with van der Waals surface area (Å²) in [5.74, 6) is -0.0494. The highest BCUT2D eigenvalue weighted by Crippen LogP contribution is 2.10. The maximum atomic E-state index is 11.7. The van der Waals surface area contributed by atoms with E-state index in [4.69, 9.17) is 9.84 Å². The molecule has 0 fully saturated rings. The van der Waals surface area contributed by atoms with Crippen molar-refractivity contribution >= 4 is 17.7 Å². The van der Waals surface area contributed by atoms with E-state index in [1.54, 1.807) is 18.9 Å². The first-order valence-electron chi connectivity index (χ1n) is 5.73. The molecule has 0 aromatic heterocycles. The third kappa shape index (κ3) is 6.88. The Morgan fingerprint density at radius 3 is 2.59 bits per heavy atom. The van der Waals surface area contributed by atoms with Crippen LogP contribution >= 0.6 is 11.8 Å². The molecule has 5 nitrogen and oxygen atoms in total. The minimum Gasteiger partial charge on any atom is -0.395 e. The second kappa shape index (κ2) is 9.70. The summed E-state index contributed by atoms with van der Waals surface area (Å²) in [5, 5.41) is 15.2. The van der Waals surface area contributed by atoms with Gasteiger partial charge in [0.05, 0.1) is 19.3 Å². The van der Waals surface area contributed by atoms with Crippen molar-refractivity contribution < 1.29 is 14.6 Å². The van der Waals surface area contributed by atoms with E-state index in [1.807, 2.05) is 20.1 Å². The summed E-state index contributed by atoms with van der Waals surface area (Å²) in [7, 11) is 1.60. The fourth-order valence-electron chi connectivity index (χ4n) is 1.44. The number of rotatable bonds is 9. The molecule has 0 aliphatic carbocycles. The van der Waals surface area contributed by atoms with Crippen LogP contribution < -0.4 is 10.6 Å². The first kappa shape index (κ1) is 16.7. The number of aliphatic hydroxyl groups is 1. The first-order chi connectivity index (χ1) is 8.06. The summed E-state index contributed by atoms with van der Waals surface area (Å²) in [6.07, 6.45) is 1.95. The van der Waals surface area contributed by atoms with Gasteiger partial charge in [-0.1, -0.05) is 0 Å². The number of ether oxygens (including phenoxy) is 1. The molecule has 0 aromatic carbocycles. The Morgan fingerprint density at radius 2 is 2.12 bits per heavy atom. The zero-order valence-electron chi connectivity index (χ0n) is 11.0. The maximum absolute atomic E-state index is 11.7. The molecule has 0 bridgehead atoms. The fourth-order valence-corrected chi connectivity index (χ4v) is 2.08. The third-order valence-electron chi connectivity index (χ3n) is 2.55. The van der Waals surface area contributed by atoms with Crippen molar-refractivity contribution in [2.45, 2.75) is 31.2 Å². The number of carbonyl (C=O) groups excluding carboxylic acids is 1. The molecule has 102 valence electrons. The Balaban J connectivity index is 3.97. The van der Waals surface area contributed by atoms with E-state index < -0.39 is 0 Å². The smallest absolute Gasteiger partial charge is 0.236 e. The molecule has 17 heavy (non-hydrogen) atoms. The SMILES string of the molecule is COCCNC(=O)C(C)NC(C)C(CO)SC. The van der Waals surface area contributed by atoms with Crippen molar-refractivity contribution in [3.8, 4) is 0 Å². The molecule has 0 saturated heterocycles. The Morgan fingerprint density at radius 1 is 1.47 bits per heavy atom. The van der Waals surface area contributed by atoms with Crippen molar-refractivity contribution in [2.75, 3.05) is 33.1 Å². The topological polar surface area (TPSA) is 70.6 Å². The third-order valence-corrected chi connectivity index (χ3v) is 3.71. The van der Waals surface area contributed by atoms with E-state index in [-0.39, 0.29) is 29.8 Å². The van der Waals surface area contributed by atoms with Gasteiger partial charge in [0.2, 0.25) is 5.91 Å². The number of nitrogens with one attached hydrogen (secondary N) is 2. The van der Waals surface area contributed by atoms with Crippen LogP contribution in [-0.4, -0.2) is 61.5 Å². The van der Waals surface area contributed by atoms with E-state index >= 15 is 0 Å². The molecule has 0 rings (SSSR count). The van der Waals surface area contributed by atoms with Crippen molar-refractivity contribution in [2.24, 2.45) is 0 Å².